The van der Waals surface area contributed by atoms with Crippen molar-refractivity contribution in [3.05, 3.63) is 87.1 Å². The van der Waals surface area contributed by atoms with Crippen molar-refractivity contribution in [3.63, 3.8) is 0 Å². The summed E-state index contributed by atoms with van der Waals surface area (Å²) in [7, 11) is 4.80. The van der Waals surface area contributed by atoms with Gasteiger partial charge in [0.05, 0.1) is 38.9 Å². The van der Waals surface area contributed by atoms with E-state index in [1.54, 1.807) is 21.3 Å². The number of nitrogens with zero attached hydrogens (tertiary/aromatic N) is 3. The minimum absolute atomic E-state index is 0.535. The second kappa shape index (κ2) is 10.4. The number of methoxy groups -OCH3 is 3. The van der Waals surface area contributed by atoms with Gasteiger partial charge in [-0.3, -0.25) is 0 Å². The minimum Gasteiger partial charge on any atom is -0.493 e. The van der Waals surface area contributed by atoms with Gasteiger partial charge in [0.25, 0.3) is 0 Å². The summed E-state index contributed by atoms with van der Waals surface area (Å²) in [4.78, 5) is 8.87. The zero-order valence-electron chi connectivity index (χ0n) is 19.9. The molecule has 0 fully saturated rings. The number of hydrogen-bond acceptors (Lipinski definition) is 6. The van der Waals surface area contributed by atoms with E-state index in [2.05, 4.69) is 27.0 Å². The molecule has 1 N–H and O–H groups in total. The molecule has 0 saturated carbocycles. The van der Waals surface area contributed by atoms with Crippen molar-refractivity contribution in [2.75, 3.05) is 21.3 Å². The number of halogens is 1. The topological polar surface area (TPSA) is 73.1 Å². The number of benzene rings is 3. The van der Waals surface area contributed by atoms with E-state index >= 15 is 0 Å². The second-order valence-corrected chi connectivity index (χ2v) is 9.51. The summed E-state index contributed by atoms with van der Waals surface area (Å²) in [6.45, 7) is 0. The van der Waals surface area contributed by atoms with Gasteiger partial charge < -0.3 is 19.2 Å². The first-order chi connectivity index (χ1) is 17.6. The Morgan fingerprint density at radius 3 is 2.39 bits per heavy atom. The van der Waals surface area contributed by atoms with Crippen LogP contribution in [0.5, 0.6) is 17.2 Å². The Labute approximate surface area is 220 Å². The molecule has 7 nitrogen and oxygen atoms in total. The molecule has 0 radical (unpaired) electrons. The van der Waals surface area contributed by atoms with E-state index in [1.165, 1.54) is 11.3 Å². The molecule has 0 unspecified atom stereocenters. The molecule has 0 aliphatic heterocycles. The SMILES string of the molecule is COc1cc(-c2csc(=Nc3ccccc3)n2N=Cc2c[nH]c3ccc(Br)cc23)cc(OC)c1OC. The molecular formula is C27H23BrN4O3S. The summed E-state index contributed by atoms with van der Waals surface area (Å²) in [5.74, 6) is 1.67. The normalized spacial score (nSPS) is 11.9. The molecule has 9 heteroatoms. The number of ether oxygens (including phenoxy) is 3. The van der Waals surface area contributed by atoms with E-state index in [0.717, 1.165) is 42.7 Å². The molecule has 36 heavy (non-hydrogen) atoms. The molecule has 0 atom stereocenters. The summed E-state index contributed by atoms with van der Waals surface area (Å²) in [6.07, 6.45) is 3.78. The third kappa shape index (κ3) is 4.67. The standard InChI is InChI=1S/C27H23BrN4O3S/c1-33-24-11-17(12-25(34-2)26(24)35-3)23-16-36-27(31-20-7-5-4-6-8-20)32(23)30-15-18-14-29-22-10-9-19(28)13-21(18)22/h4-16,29H,1-3H3. The second-order valence-electron chi connectivity index (χ2n) is 7.76. The van der Waals surface area contributed by atoms with Gasteiger partial charge in [-0.05, 0) is 42.5 Å². The molecule has 3 aromatic carbocycles. The Bertz CT molecular complexity index is 1590. The van der Waals surface area contributed by atoms with E-state index in [4.69, 9.17) is 24.3 Å². The predicted molar refractivity (Wildman–Crippen MR) is 148 cm³/mol. The lowest BCUT2D eigenvalue weighted by Crippen LogP contribution is -2.11. The Kier molecular flexibility index (Phi) is 6.92. The van der Waals surface area contributed by atoms with E-state index in [-0.39, 0.29) is 0 Å². The van der Waals surface area contributed by atoms with Crippen molar-refractivity contribution in [2.45, 2.75) is 0 Å². The van der Waals surface area contributed by atoms with Crippen LogP contribution in [-0.4, -0.2) is 37.2 Å². The molecule has 0 bridgehead atoms. The van der Waals surface area contributed by atoms with Crippen LogP contribution in [0, 0.1) is 0 Å². The molecule has 0 amide bonds. The number of hydrogen-bond donors (Lipinski definition) is 1. The Hall–Kier alpha value is -3.82. The number of para-hydroxylation sites is 1. The van der Waals surface area contributed by atoms with Gasteiger partial charge in [-0.2, -0.15) is 5.10 Å². The molecule has 182 valence electrons. The lowest BCUT2D eigenvalue weighted by molar-refractivity contribution is 0.324. The lowest BCUT2D eigenvalue weighted by Gasteiger charge is -2.14. The molecule has 0 aliphatic rings. The van der Waals surface area contributed by atoms with E-state index in [9.17, 15) is 0 Å². The number of fused-ring (bicyclic) bond motifs is 1. The third-order valence-electron chi connectivity index (χ3n) is 5.61. The monoisotopic (exact) mass is 562 g/mol. The van der Waals surface area contributed by atoms with Crippen molar-refractivity contribution in [2.24, 2.45) is 10.1 Å². The van der Waals surface area contributed by atoms with Crippen LogP contribution in [0.4, 0.5) is 5.69 Å². The van der Waals surface area contributed by atoms with Gasteiger partial charge in [0, 0.05) is 38.1 Å². The predicted octanol–water partition coefficient (Wildman–Crippen LogP) is 6.60. The molecule has 0 aliphatic carbocycles. The van der Waals surface area contributed by atoms with Gasteiger partial charge in [0.2, 0.25) is 10.6 Å². The van der Waals surface area contributed by atoms with E-state index < -0.39 is 0 Å². The highest BCUT2D eigenvalue weighted by Gasteiger charge is 2.17. The number of aromatic amines is 1. The maximum atomic E-state index is 5.58. The van der Waals surface area contributed by atoms with Crippen molar-refractivity contribution >= 4 is 50.1 Å². The first kappa shape index (κ1) is 23.9. The summed E-state index contributed by atoms with van der Waals surface area (Å²) in [5, 5.41) is 7.96. The van der Waals surface area contributed by atoms with Crippen LogP contribution in [-0.2, 0) is 0 Å². The first-order valence-corrected chi connectivity index (χ1v) is 12.7. The molecule has 2 aromatic heterocycles. The number of H-pyrrole nitrogens is 1. The summed E-state index contributed by atoms with van der Waals surface area (Å²) < 4.78 is 19.5. The van der Waals surface area contributed by atoms with Crippen LogP contribution in [0.3, 0.4) is 0 Å². The van der Waals surface area contributed by atoms with Crippen LogP contribution in [0.25, 0.3) is 22.2 Å². The van der Waals surface area contributed by atoms with Gasteiger partial charge in [0.15, 0.2) is 11.5 Å². The average molecular weight is 563 g/mol. The first-order valence-electron chi connectivity index (χ1n) is 11.0. The molecule has 5 aromatic rings. The van der Waals surface area contributed by atoms with Crippen LogP contribution >= 0.6 is 27.3 Å². The Balaban J connectivity index is 1.69. The number of rotatable bonds is 7. The highest BCUT2D eigenvalue weighted by molar-refractivity contribution is 9.10. The molecule has 5 rings (SSSR count). The van der Waals surface area contributed by atoms with Crippen LogP contribution < -0.4 is 19.0 Å². The van der Waals surface area contributed by atoms with Gasteiger partial charge in [-0.25, -0.2) is 9.67 Å². The number of thiazole rings is 1. The van der Waals surface area contributed by atoms with Gasteiger partial charge in [0.1, 0.15) is 0 Å². The van der Waals surface area contributed by atoms with Crippen LogP contribution in [0.2, 0.25) is 0 Å². The lowest BCUT2D eigenvalue weighted by atomic mass is 10.1. The molecule has 0 saturated heterocycles. The van der Waals surface area contributed by atoms with Gasteiger partial charge >= 0.3 is 0 Å². The van der Waals surface area contributed by atoms with Gasteiger partial charge in [-0.15, -0.1) is 11.3 Å². The molecule has 2 heterocycles. The quantitative estimate of drug-likeness (QED) is 0.227. The van der Waals surface area contributed by atoms with Crippen molar-refractivity contribution in [1.82, 2.24) is 9.66 Å². The fourth-order valence-corrected chi connectivity index (χ4v) is 5.09. The smallest absolute Gasteiger partial charge is 0.211 e. The maximum absolute atomic E-state index is 5.58. The maximum Gasteiger partial charge on any atom is 0.211 e. The summed E-state index contributed by atoms with van der Waals surface area (Å²) in [6, 6.07) is 19.7. The van der Waals surface area contributed by atoms with E-state index in [1.807, 2.05) is 77.1 Å². The van der Waals surface area contributed by atoms with Crippen LogP contribution in [0.1, 0.15) is 5.56 Å². The highest BCUT2D eigenvalue weighted by Crippen LogP contribution is 2.41. The van der Waals surface area contributed by atoms with Crippen molar-refractivity contribution < 1.29 is 14.2 Å². The number of nitrogens with one attached hydrogen (secondary N) is 1. The third-order valence-corrected chi connectivity index (χ3v) is 6.92. The Morgan fingerprint density at radius 2 is 1.69 bits per heavy atom. The zero-order valence-corrected chi connectivity index (χ0v) is 22.3. The summed E-state index contributed by atoms with van der Waals surface area (Å²) in [5.41, 5.74) is 4.54. The molecular weight excluding hydrogens is 540 g/mol. The Morgan fingerprint density at radius 1 is 0.944 bits per heavy atom. The van der Waals surface area contributed by atoms with Crippen molar-refractivity contribution in [3.8, 4) is 28.5 Å². The largest absolute Gasteiger partial charge is 0.493 e. The summed E-state index contributed by atoms with van der Waals surface area (Å²) >= 11 is 5.06. The zero-order chi connectivity index (χ0) is 25.1. The fraction of sp³-hybridized carbons (Fsp3) is 0.111. The van der Waals surface area contributed by atoms with Crippen LogP contribution in [0.15, 0.2) is 86.8 Å². The van der Waals surface area contributed by atoms with Crippen molar-refractivity contribution in [1.29, 1.82) is 0 Å². The fourth-order valence-electron chi connectivity index (χ4n) is 3.87. The highest BCUT2D eigenvalue weighted by atomic mass is 79.9. The number of aromatic nitrogens is 2. The average Bonchev–Trinajstić information content (AvgIpc) is 3.50. The minimum atomic E-state index is 0.535. The van der Waals surface area contributed by atoms with Gasteiger partial charge in [-0.1, -0.05) is 34.1 Å². The molecule has 0 spiro atoms. The van der Waals surface area contributed by atoms with E-state index in [0.29, 0.717) is 17.2 Å².